The Labute approximate surface area is 159 Å². The standard InChI is InChI=1S/C19H15N3O6/c1-27-15-8-4-13(5-9-15)18(23)20-21-19(24)17-11-10-16(28-17)12-2-6-14(7-3-12)22(25)26/h2-11H,1H3,(H,20,23)(H,21,24). The first-order chi connectivity index (χ1) is 13.5. The lowest BCUT2D eigenvalue weighted by Crippen LogP contribution is -2.41. The molecule has 2 amide bonds. The van der Waals surface area contributed by atoms with E-state index in [1.807, 2.05) is 0 Å². The average Bonchev–Trinajstić information content (AvgIpc) is 3.22. The van der Waals surface area contributed by atoms with Crippen LogP contribution in [0.2, 0.25) is 0 Å². The number of hydrogen-bond donors (Lipinski definition) is 2. The van der Waals surface area contributed by atoms with Crippen LogP contribution in [0.15, 0.2) is 65.1 Å². The van der Waals surface area contributed by atoms with Crippen LogP contribution in [0.5, 0.6) is 5.75 Å². The molecule has 0 saturated heterocycles. The van der Waals surface area contributed by atoms with Gasteiger partial charge in [0.25, 0.3) is 11.6 Å². The summed E-state index contributed by atoms with van der Waals surface area (Å²) in [5, 5.41) is 10.7. The number of hydrogen-bond acceptors (Lipinski definition) is 6. The molecule has 0 aliphatic carbocycles. The van der Waals surface area contributed by atoms with Crippen LogP contribution in [-0.4, -0.2) is 23.8 Å². The third kappa shape index (κ3) is 4.15. The Bertz CT molecular complexity index is 1010. The second-order valence-electron chi connectivity index (χ2n) is 5.60. The molecule has 0 spiro atoms. The maximum Gasteiger partial charge on any atom is 0.305 e. The van der Waals surface area contributed by atoms with E-state index in [-0.39, 0.29) is 11.4 Å². The van der Waals surface area contributed by atoms with Gasteiger partial charge >= 0.3 is 5.91 Å². The van der Waals surface area contributed by atoms with Crippen LogP contribution in [-0.2, 0) is 0 Å². The molecule has 0 fully saturated rings. The molecule has 0 saturated carbocycles. The van der Waals surface area contributed by atoms with Crippen molar-refractivity contribution < 1.29 is 23.7 Å². The van der Waals surface area contributed by atoms with E-state index >= 15 is 0 Å². The average molecular weight is 381 g/mol. The van der Waals surface area contributed by atoms with Crippen LogP contribution in [0.4, 0.5) is 5.69 Å². The van der Waals surface area contributed by atoms with Crippen LogP contribution in [0, 0.1) is 10.1 Å². The highest BCUT2D eigenvalue weighted by molar-refractivity contribution is 5.98. The van der Waals surface area contributed by atoms with E-state index in [0.29, 0.717) is 22.6 Å². The molecule has 0 aliphatic rings. The number of nitrogens with zero attached hydrogens (tertiary/aromatic N) is 1. The van der Waals surface area contributed by atoms with Crippen molar-refractivity contribution in [1.82, 2.24) is 10.9 Å². The Balaban J connectivity index is 1.62. The molecule has 0 radical (unpaired) electrons. The number of benzene rings is 2. The van der Waals surface area contributed by atoms with Gasteiger partial charge in [0.1, 0.15) is 11.5 Å². The summed E-state index contributed by atoms with van der Waals surface area (Å²) in [4.78, 5) is 34.4. The largest absolute Gasteiger partial charge is 0.497 e. The number of nitrogens with one attached hydrogen (secondary N) is 2. The second-order valence-corrected chi connectivity index (χ2v) is 5.60. The number of carbonyl (C=O) groups is 2. The number of rotatable bonds is 5. The van der Waals surface area contributed by atoms with E-state index in [1.165, 1.54) is 37.4 Å². The first-order valence-corrected chi connectivity index (χ1v) is 8.07. The number of nitro benzene ring substituents is 1. The minimum atomic E-state index is -0.643. The van der Waals surface area contributed by atoms with E-state index in [0.717, 1.165) is 0 Å². The summed E-state index contributed by atoms with van der Waals surface area (Å²) in [5.41, 5.74) is 5.42. The van der Waals surface area contributed by atoms with Crippen LogP contribution in [0.25, 0.3) is 11.3 Å². The van der Waals surface area contributed by atoms with Crippen LogP contribution < -0.4 is 15.6 Å². The Hall–Kier alpha value is -4.14. The number of amides is 2. The van der Waals surface area contributed by atoms with Crippen LogP contribution >= 0.6 is 0 Å². The predicted molar refractivity (Wildman–Crippen MR) is 98.7 cm³/mol. The molecule has 0 bridgehead atoms. The zero-order valence-electron chi connectivity index (χ0n) is 14.7. The zero-order chi connectivity index (χ0) is 20.1. The Morgan fingerprint density at radius 1 is 0.929 bits per heavy atom. The lowest BCUT2D eigenvalue weighted by molar-refractivity contribution is -0.384. The molecule has 2 aromatic carbocycles. The number of ether oxygens (including phenoxy) is 1. The van der Waals surface area contributed by atoms with Gasteiger partial charge in [-0.3, -0.25) is 30.6 Å². The van der Waals surface area contributed by atoms with E-state index < -0.39 is 16.7 Å². The normalized spacial score (nSPS) is 10.2. The molecule has 0 aliphatic heterocycles. The van der Waals surface area contributed by atoms with Crippen molar-refractivity contribution in [2.45, 2.75) is 0 Å². The third-order valence-electron chi connectivity index (χ3n) is 3.83. The van der Waals surface area contributed by atoms with Gasteiger partial charge < -0.3 is 9.15 Å². The minimum Gasteiger partial charge on any atom is -0.497 e. The number of carbonyl (C=O) groups excluding carboxylic acids is 2. The van der Waals surface area contributed by atoms with Gasteiger partial charge in [0.15, 0.2) is 5.76 Å². The van der Waals surface area contributed by atoms with E-state index in [2.05, 4.69) is 10.9 Å². The zero-order valence-corrected chi connectivity index (χ0v) is 14.7. The maximum atomic E-state index is 12.1. The van der Waals surface area contributed by atoms with Crippen molar-refractivity contribution in [1.29, 1.82) is 0 Å². The summed E-state index contributed by atoms with van der Waals surface area (Å²) >= 11 is 0. The molecule has 3 rings (SSSR count). The number of hydrazine groups is 1. The maximum absolute atomic E-state index is 12.1. The highest BCUT2D eigenvalue weighted by Gasteiger charge is 2.14. The van der Waals surface area contributed by atoms with Crippen molar-refractivity contribution in [3.63, 3.8) is 0 Å². The summed E-state index contributed by atoms with van der Waals surface area (Å²) < 4.78 is 10.5. The molecule has 3 aromatic rings. The highest BCUT2D eigenvalue weighted by atomic mass is 16.6. The van der Waals surface area contributed by atoms with Crippen molar-refractivity contribution in [2.75, 3.05) is 7.11 Å². The summed E-state index contributed by atoms with van der Waals surface area (Å²) in [6, 6.07) is 15.1. The van der Waals surface area contributed by atoms with Crippen molar-refractivity contribution in [3.8, 4) is 17.1 Å². The van der Waals surface area contributed by atoms with Crippen LogP contribution in [0.1, 0.15) is 20.9 Å². The van der Waals surface area contributed by atoms with Gasteiger partial charge in [0.2, 0.25) is 0 Å². The molecule has 2 N–H and O–H groups in total. The van der Waals surface area contributed by atoms with Crippen LogP contribution in [0.3, 0.4) is 0 Å². The van der Waals surface area contributed by atoms with E-state index in [1.54, 1.807) is 30.3 Å². The van der Waals surface area contributed by atoms with Gasteiger partial charge in [-0.25, -0.2) is 0 Å². The van der Waals surface area contributed by atoms with Gasteiger partial charge in [-0.2, -0.15) is 0 Å². The second kappa shape index (κ2) is 8.04. The highest BCUT2D eigenvalue weighted by Crippen LogP contribution is 2.24. The van der Waals surface area contributed by atoms with Gasteiger partial charge in [0.05, 0.1) is 12.0 Å². The first kappa shape index (κ1) is 18.6. The number of methoxy groups -OCH3 is 1. The number of non-ortho nitro benzene ring substituents is 1. The fourth-order valence-electron chi connectivity index (χ4n) is 2.35. The predicted octanol–water partition coefficient (Wildman–Crippen LogP) is 2.94. The molecule has 142 valence electrons. The van der Waals surface area contributed by atoms with Gasteiger partial charge in [-0.15, -0.1) is 0 Å². The Kier molecular flexibility index (Phi) is 5.35. The van der Waals surface area contributed by atoms with Crippen molar-refractivity contribution in [3.05, 3.63) is 82.1 Å². The monoisotopic (exact) mass is 381 g/mol. The Morgan fingerprint density at radius 2 is 1.57 bits per heavy atom. The summed E-state index contributed by atoms with van der Waals surface area (Å²) in [7, 11) is 1.52. The summed E-state index contributed by atoms with van der Waals surface area (Å²) in [6.07, 6.45) is 0. The fraction of sp³-hybridized carbons (Fsp3) is 0.0526. The number of furan rings is 1. The van der Waals surface area contributed by atoms with Gasteiger partial charge in [0, 0.05) is 23.3 Å². The number of nitro groups is 1. The van der Waals surface area contributed by atoms with E-state index in [4.69, 9.17) is 9.15 Å². The molecule has 28 heavy (non-hydrogen) atoms. The third-order valence-corrected chi connectivity index (χ3v) is 3.83. The molecule has 1 aromatic heterocycles. The molecule has 0 unspecified atom stereocenters. The molecule has 9 nitrogen and oxygen atoms in total. The quantitative estimate of drug-likeness (QED) is 0.517. The van der Waals surface area contributed by atoms with E-state index in [9.17, 15) is 19.7 Å². The van der Waals surface area contributed by atoms with Crippen molar-refractivity contribution in [2.24, 2.45) is 0 Å². The van der Waals surface area contributed by atoms with Gasteiger partial charge in [-0.05, 0) is 48.5 Å². The molecular formula is C19H15N3O6. The summed E-state index contributed by atoms with van der Waals surface area (Å²) in [5.74, 6) is -0.201. The molecule has 0 atom stereocenters. The molecular weight excluding hydrogens is 366 g/mol. The lowest BCUT2D eigenvalue weighted by atomic mass is 10.1. The SMILES string of the molecule is COc1ccc(C(=O)NNC(=O)c2ccc(-c3ccc([N+](=O)[O-])cc3)o2)cc1. The van der Waals surface area contributed by atoms with Gasteiger partial charge in [-0.1, -0.05) is 0 Å². The summed E-state index contributed by atoms with van der Waals surface area (Å²) in [6.45, 7) is 0. The topological polar surface area (TPSA) is 124 Å². The Morgan fingerprint density at radius 3 is 2.18 bits per heavy atom. The molecule has 9 heteroatoms. The minimum absolute atomic E-state index is 0.0246. The lowest BCUT2D eigenvalue weighted by Gasteiger charge is -2.06. The smallest absolute Gasteiger partial charge is 0.305 e. The molecule has 1 heterocycles. The first-order valence-electron chi connectivity index (χ1n) is 8.07. The fourth-order valence-corrected chi connectivity index (χ4v) is 2.35. The van der Waals surface area contributed by atoms with Crippen molar-refractivity contribution >= 4 is 17.5 Å².